The minimum Gasteiger partial charge on any atom is -0.448 e. The van der Waals surface area contributed by atoms with E-state index in [2.05, 4.69) is 15.5 Å². The zero-order valence-corrected chi connectivity index (χ0v) is 16.2. The van der Waals surface area contributed by atoms with E-state index >= 15 is 0 Å². The number of nitrogens with zero attached hydrogens (tertiary/aromatic N) is 3. The average molecular weight is 418 g/mol. The van der Waals surface area contributed by atoms with E-state index in [9.17, 15) is 14.9 Å². The number of nitro groups is 1. The van der Waals surface area contributed by atoms with Crippen LogP contribution in [0.2, 0.25) is 0 Å². The van der Waals surface area contributed by atoms with Crippen LogP contribution in [-0.4, -0.2) is 22.0 Å². The first-order chi connectivity index (χ1) is 14.6. The van der Waals surface area contributed by atoms with E-state index in [4.69, 9.17) is 4.42 Å². The maximum Gasteiger partial charge on any atom is 0.271 e. The Morgan fingerprint density at radius 3 is 2.83 bits per heavy atom. The van der Waals surface area contributed by atoms with Gasteiger partial charge in [0.1, 0.15) is 5.76 Å². The van der Waals surface area contributed by atoms with Crippen LogP contribution in [0.5, 0.6) is 0 Å². The van der Waals surface area contributed by atoms with E-state index in [0.29, 0.717) is 10.9 Å². The van der Waals surface area contributed by atoms with Gasteiger partial charge in [-0.2, -0.15) is 5.10 Å². The molecule has 2 aromatic carbocycles. The van der Waals surface area contributed by atoms with Crippen LogP contribution in [0.25, 0.3) is 10.9 Å². The molecule has 0 saturated carbocycles. The molecule has 0 radical (unpaired) electrons. The first kappa shape index (κ1) is 19.3. The number of rotatable bonds is 6. The van der Waals surface area contributed by atoms with Gasteiger partial charge in [-0.05, 0) is 42.1 Å². The number of carbonyl (C=O) groups is 1. The number of furan rings is 1. The quantitative estimate of drug-likeness (QED) is 0.277. The number of nitrogens with one attached hydrogen (secondary N) is 1. The fourth-order valence-electron chi connectivity index (χ4n) is 2.71. The van der Waals surface area contributed by atoms with Gasteiger partial charge in [0.25, 0.3) is 11.6 Å². The Balaban J connectivity index is 1.42. The van der Waals surface area contributed by atoms with E-state index in [1.54, 1.807) is 18.3 Å². The monoisotopic (exact) mass is 418 g/mol. The number of hydrazone groups is 1. The fourth-order valence-corrected chi connectivity index (χ4v) is 3.61. The minimum absolute atomic E-state index is 0.139. The molecule has 0 aliphatic heterocycles. The number of hydrogen-bond donors (Lipinski definition) is 1. The van der Waals surface area contributed by atoms with Gasteiger partial charge < -0.3 is 4.42 Å². The molecule has 0 fully saturated rings. The summed E-state index contributed by atoms with van der Waals surface area (Å²) in [4.78, 5) is 27.7. The molecule has 0 bridgehead atoms. The Kier molecular flexibility index (Phi) is 5.53. The maximum absolute atomic E-state index is 12.1. The third kappa shape index (κ3) is 4.36. The van der Waals surface area contributed by atoms with Gasteiger partial charge in [0.15, 0.2) is 5.09 Å². The summed E-state index contributed by atoms with van der Waals surface area (Å²) in [6.45, 7) is 0. The van der Waals surface area contributed by atoms with Gasteiger partial charge in [-0.3, -0.25) is 19.9 Å². The summed E-state index contributed by atoms with van der Waals surface area (Å²) in [7, 11) is 0. The number of hydrogen-bond acceptors (Lipinski definition) is 7. The summed E-state index contributed by atoms with van der Waals surface area (Å²) in [5.74, 6) is -0.108. The van der Waals surface area contributed by atoms with E-state index in [0.717, 1.165) is 15.8 Å². The molecule has 0 unspecified atom stereocenters. The van der Waals surface area contributed by atoms with Crippen molar-refractivity contribution in [2.45, 2.75) is 9.99 Å². The SMILES string of the molecule is O=C(N/N=C/c1ccc(Sc2cccc3cccnc23)o1)c1cccc([N+](=O)[O-])c1. The molecule has 0 aliphatic carbocycles. The van der Waals surface area contributed by atoms with Crippen LogP contribution in [0.15, 0.2) is 92.4 Å². The largest absolute Gasteiger partial charge is 0.448 e. The Morgan fingerprint density at radius 1 is 1.13 bits per heavy atom. The van der Waals surface area contributed by atoms with Crippen LogP contribution in [-0.2, 0) is 0 Å². The Hall–Kier alpha value is -3.98. The Labute approximate surface area is 174 Å². The molecule has 0 aliphatic rings. The summed E-state index contributed by atoms with van der Waals surface area (Å²) in [6, 6.07) is 18.7. The van der Waals surface area contributed by atoms with Gasteiger partial charge in [-0.15, -0.1) is 0 Å². The molecule has 148 valence electrons. The average Bonchev–Trinajstić information content (AvgIpc) is 3.21. The van der Waals surface area contributed by atoms with Gasteiger partial charge in [-0.1, -0.05) is 24.3 Å². The molecule has 4 aromatic rings. The highest BCUT2D eigenvalue weighted by molar-refractivity contribution is 7.99. The van der Waals surface area contributed by atoms with E-state index in [1.165, 1.54) is 42.2 Å². The van der Waals surface area contributed by atoms with Crippen molar-refractivity contribution >= 4 is 40.5 Å². The van der Waals surface area contributed by atoms with E-state index in [1.807, 2.05) is 30.3 Å². The molecular weight excluding hydrogens is 404 g/mol. The molecule has 1 amide bonds. The number of amides is 1. The van der Waals surface area contributed by atoms with Crippen molar-refractivity contribution in [1.29, 1.82) is 0 Å². The number of pyridine rings is 1. The molecule has 1 N–H and O–H groups in total. The molecular formula is C21H14N4O4S. The number of carbonyl (C=O) groups excluding carboxylic acids is 1. The van der Waals surface area contributed by atoms with Crippen molar-refractivity contribution in [3.8, 4) is 0 Å². The second kappa shape index (κ2) is 8.58. The third-order valence-corrected chi connectivity index (χ3v) is 5.06. The second-order valence-corrected chi connectivity index (χ2v) is 7.14. The maximum atomic E-state index is 12.1. The van der Waals surface area contributed by atoms with Crippen molar-refractivity contribution < 1.29 is 14.1 Å². The second-order valence-electron chi connectivity index (χ2n) is 6.10. The lowest BCUT2D eigenvalue weighted by atomic mass is 10.2. The number of fused-ring (bicyclic) bond motifs is 1. The summed E-state index contributed by atoms with van der Waals surface area (Å²) in [5, 5.41) is 16.4. The van der Waals surface area contributed by atoms with Crippen molar-refractivity contribution in [1.82, 2.24) is 10.4 Å². The first-order valence-corrected chi connectivity index (χ1v) is 9.61. The summed E-state index contributed by atoms with van der Waals surface area (Å²) in [6.07, 6.45) is 3.11. The van der Waals surface area contributed by atoms with Crippen LogP contribution in [0.4, 0.5) is 5.69 Å². The summed E-state index contributed by atoms with van der Waals surface area (Å²) >= 11 is 1.44. The highest BCUT2D eigenvalue weighted by atomic mass is 32.2. The zero-order valence-electron chi connectivity index (χ0n) is 15.4. The highest BCUT2D eigenvalue weighted by Gasteiger charge is 2.11. The van der Waals surface area contributed by atoms with Crippen molar-refractivity contribution in [2.75, 3.05) is 0 Å². The predicted molar refractivity (Wildman–Crippen MR) is 113 cm³/mol. The summed E-state index contributed by atoms with van der Waals surface area (Å²) in [5.41, 5.74) is 3.19. The van der Waals surface area contributed by atoms with Gasteiger partial charge >= 0.3 is 0 Å². The Morgan fingerprint density at radius 2 is 1.97 bits per heavy atom. The van der Waals surface area contributed by atoms with Crippen molar-refractivity contribution in [3.63, 3.8) is 0 Å². The lowest BCUT2D eigenvalue weighted by molar-refractivity contribution is -0.384. The van der Waals surface area contributed by atoms with Gasteiger partial charge in [0.05, 0.1) is 16.7 Å². The van der Waals surface area contributed by atoms with Gasteiger partial charge in [-0.25, -0.2) is 5.43 Å². The molecule has 0 saturated heterocycles. The molecule has 9 heteroatoms. The van der Waals surface area contributed by atoms with E-state index < -0.39 is 10.8 Å². The topological polar surface area (TPSA) is 111 Å². The van der Waals surface area contributed by atoms with Crippen LogP contribution in [0.1, 0.15) is 16.1 Å². The standard InChI is InChI=1S/C21H14N4O4S/c26-21(15-5-1-7-16(12-15)25(27)28)24-23-13-17-9-10-19(29-17)30-18-8-2-4-14-6-3-11-22-20(14)18/h1-13H,(H,24,26)/b23-13+. The van der Waals surface area contributed by atoms with Crippen LogP contribution < -0.4 is 5.43 Å². The number of para-hydroxylation sites is 1. The lowest BCUT2D eigenvalue weighted by Crippen LogP contribution is -2.17. The fraction of sp³-hybridized carbons (Fsp3) is 0. The lowest BCUT2D eigenvalue weighted by Gasteiger charge is -2.02. The van der Waals surface area contributed by atoms with Crippen molar-refractivity contribution in [3.05, 3.63) is 94.4 Å². The summed E-state index contributed by atoms with van der Waals surface area (Å²) < 4.78 is 5.72. The predicted octanol–water partition coefficient (Wildman–Crippen LogP) is 4.65. The smallest absolute Gasteiger partial charge is 0.271 e. The van der Waals surface area contributed by atoms with Crippen LogP contribution in [0.3, 0.4) is 0 Å². The van der Waals surface area contributed by atoms with Gasteiger partial charge in [0, 0.05) is 34.2 Å². The molecule has 30 heavy (non-hydrogen) atoms. The molecule has 4 rings (SSSR count). The van der Waals surface area contributed by atoms with E-state index in [-0.39, 0.29) is 11.3 Å². The van der Waals surface area contributed by atoms with Crippen molar-refractivity contribution in [2.24, 2.45) is 5.10 Å². The zero-order chi connectivity index (χ0) is 20.9. The first-order valence-electron chi connectivity index (χ1n) is 8.79. The number of non-ortho nitro benzene ring substituents is 1. The molecule has 0 spiro atoms. The molecule has 2 aromatic heterocycles. The number of nitro benzene ring substituents is 1. The molecule has 8 nitrogen and oxygen atoms in total. The van der Waals surface area contributed by atoms with Crippen LogP contribution in [0, 0.1) is 10.1 Å². The molecule has 2 heterocycles. The normalized spacial score (nSPS) is 11.1. The minimum atomic E-state index is -0.562. The highest BCUT2D eigenvalue weighted by Crippen LogP contribution is 2.33. The number of aromatic nitrogens is 1. The Bertz CT molecular complexity index is 1260. The number of benzene rings is 2. The molecule has 0 atom stereocenters. The van der Waals surface area contributed by atoms with Gasteiger partial charge in [0.2, 0.25) is 0 Å². The third-order valence-electron chi connectivity index (χ3n) is 4.09. The van der Waals surface area contributed by atoms with Crippen LogP contribution >= 0.6 is 11.8 Å².